The number of alkyl halides is 2. The molecule has 0 saturated heterocycles. The lowest BCUT2D eigenvalue weighted by Gasteiger charge is -2.13. The van der Waals surface area contributed by atoms with E-state index >= 15 is 0 Å². The maximum atomic E-state index is 11.8. The Kier molecular flexibility index (Phi) is 4.30. The second-order valence-corrected chi connectivity index (χ2v) is 3.18. The molecule has 5 heteroatoms. The van der Waals surface area contributed by atoms with Gasteiger partial charge in [-0.3, -0.25) is 0 Å². The number of hydrogen-bond acceptors (Lipinski definition) is 3. The van der Waals surface area contributed by atoms with Gasteiger partial charge in [0.25, 0.3) is 0 Å². The Balaban J connectivity index is 2.56. The third kappa shape index (κ3) is 4.12. The van der Waals surface area contributed by atoms with E-state index in [4.69, 9.17) is 5.73 Å². The Morgan fingerprint density at radius 1 is 1.33 bits per heavy atom. The molecule has 0 spiro atoms. The van der Waals surface area contributed by atoms with Crippen LogP contribution in [0.5, 0.6) is 5.75 Å². The fourth-order valence-corrected chi connectivity index (χ4v) is 1.08. The Hall–Kier alpha value is -1.36. The van der Waals surface area contributed by atoms with Crippen molar-refractivity contribution in [3.05, 3.63) is 24.3 Å². The molecule has 0 radical (unpaired) electrons. The van der Waals surface area contributed by atoms with Gasteiger partial charge in [0.2, 0.25) is 0 Å². The highest BCUT2D eigenvalue weighted by molar-refractivity contribution is 5.46. The predicted molar refractivity (Wildman–Crippen MR) is 55.2 cm³/mol. The zero-order chi connectivity index (χ0) is 11.3. The van der Waals surface area contributed by atoms with Gasteiger partial charge in [0.05, 0.1) is 0 Å². The number of benzene rings is 1. The van der Waals surface area contributed by atoms with Gasteiger partial charge in [-0.1, -0.05) is 0 Å². The Labute approximate surface area is 87.2 Å². The van der Waals surface area contributed by atoms with Crippen LogP contribution in [0.25, 0.3) is 0 Å². The van der Waals surface area contributed by atoms with Gasteiger partial charge >= 0.3 is 6.61 Å². The molecule has 0 aromatic heterocycles. The standard InChI is InChI=1S/C10H14F2N2O/c1-7(6-13)14-8-2-4-9(5-3-8)15-10(11)12/h2-5,7,10,14H,6,13H2,1H3. The predicted octanol–water partition coefficient (Wildman–Crippen LogP) is 2.05. The van der Waals surface area contributed by atoms with Crippen LogP contribution in [0, 0.1) is 0 Å². The first kappa shape index (κ1) is 11.7. The van der Waals surface area contributed by atoms with Crippen LogP contribution in [0.2, 0.25) is 0 Å². The van der Waals surface area contributed by atoms with Gasteiger partial charge in [0.1, 0.15) is 5.75 Å². The second kappa shape index (κ2) is 5.50. The molecule has 1 aromatic carbocycles. The van der Waals surface area contributed by atoms with E-state index in [2.05, 4.69) is 10.1 Å². The fourth-order valence-electron chi connectivity index (χ4n) is 1.08. The largest absolute Gasteiger partial charge is 0.435 e. The van der Waals surface area contributed by atoms with Crippen molar-refractivity contribution in [2.24, 2.45) is 5.73 Å². The van der Waals surface area contributed by atoms with E-state index in [1.54, 1.807) is 12.1 Å². The zero-order valence-electron chi connectivity index (χ0n) is 8.41. The first-order valence-corrected chi connectivity index (χ1v) is 4.63. The molecule has 3 nitrogen and oxygen atoms in total. The number of ether oxygens (including phenoxy) is 1. The van der Waals surface area contributed by atoms with E-state index in [0.29, 0.717) is 6.54 Å². The number of hydrogen-bond donors (Lipinski definition) is 2. The molecule has 0 aliphatic carbocycles. The zero-order valence-corrected chi connectivity index (χ0v) is 8.41. The maximum absolute atomic E-state index is 11.8. The summed E-state index contributed by atoms with van der Waals surface area (Å²) in [5.74, 6) is 0.149. The molecule has 3 N–H and O–H groups in total. The SMILES string of the molecule is CC(CN)Nc1ccc(OC(F)F)cc1. The van der Waals surface area contributed by atoms with E-state index in [1.807, 2.05) is 6.92 Å². The first-order chi connectivity index (χ1) is 7.11. The highest BCUT2D eigenvalue weighted by Crippen LogP contribution is 2.17. The van der Waals surface area contributed by atoms with Crippen molar-refractivity contribution < 1.29 is 13.5 Å². The van der Waals surface area contributed by atoms with E-state index in [-0.39, 0.29) is 11.8 Å². The lowest BCUT2D eigenvalue weighted by Crippen LogP contribution is -2.25. The molecule has 0 saturated carbocycles. The van der Waals surface area contributed by atoms with Crippen LogP contribution >= 0.6 is 0 Å². The van der Waals surface area contributed by atoms with Crippen LogP contribution in [0.3, 0.4) is 0 Å². The molecule has 0 aliphatic rings. The minimum atomic E-state index is -2.79. The van der Waals surface area contributed by atoms with Crippen LogP contribution in [-0.2, 0) is 0 Å². The molecule has 1 rings (SSSR count). The Morgan fingerprint density at radius 2 is 1.93 bits per heavy atom. The van der Waals surface area contributed by atoms with Gasteiger partial charge in [-0.2, -0.15) is 8.78 Å². The lowest BCUT2D eigenvalue weighted by atomic mass is 10.2. The van der Waals surface area contributed by atoms with Crippen molar-refractivity contribution in [2.45, 2.75) is 19.6 Å². The molecule has 84 valence electrons. The number of anilines is 1. The van der Waals surface area contributed by atoms with E-state index in [9.17, 15) is 8.78 Å². The third-order valence-electron chi connectivity index (χ3n) is 1.85. The highest BCUT2D eigenvalue weighted by Gasteiger charge is 2.04. The van der Waals surface area contributed by atoms with Crippen molar-refractivity contribution in [2.75, 3.05) is 11.9 Å². The van der Waals surface area contributed by atoms with Crippen LogP contribution in [-0.4, -0.2) is 19.2 Å². The second-order valence-electron chi connectivity index (χ2n) is 3.18. The molecule has 0 fully saturated rings. The molecule has 1 unspecified atom stereocenters. The minimum Gasteiger partial charge on any atom is -0.435 e. The van der Waals surface area contributed by atoms with Crippen LogP contribution in [0.15, 0.2) is 24.3 Å². The van der Waals surface area contributed by atoms with Gasteiger partial charge in [-0.25, -0.2) is 0 Å². The Morgan fingerprint density at radius 3 is 2.40 bits per heavy atom. The van der Waals surface area contributed by atoms with E-state index in [1.165, 1.54) is 12.1 Å². The van der Waals surface area contributed by atoms with Crippen molar-refractivity contribution in [3.63, 3.8) is 0 Å². The van der Waals surface area contributed by atoms with Gasteiger partial charge in [0, 0.05) is 18.3 Å². The van der Waals surface area contributed by atoms with Crippen molar-refractivity contribution in [3.8, 4) is 5.75 Å². The summed E-state index contributed by atoms with van der Waals surface area (Å²) >= 11 is 0. The molecule has 0 amide bonds. The lowest BCUT2D eigenvalue weighted by molar-refractivity contribution is -0.0498. The monoisotopic (exact) mass is 216 g/mol. The molecule has 0 heterocycles. The summed E-state index contributed by atoms with van der Waals surface area (Å²) in [7, 11) is 0. The first-order valence-electron chi connectivity index (χ1n) is 4.63. The van der Waals surface area contributed by atoms with Crippen LogP contribution < -0.4 is 15.8 Å². The normalized spacial score (nSPS) is 12.6. The van der Waals surface area contributed by atoms with E-state index < -0.39 is 6.61 Å². The molecule has 1 atom stereocenters. The molecule has 15 heavy (non-hydrogen) atoms. The summed E-state index contributed by atoms with van der Waals surface area (Å²) in [5.41, 5.74) is 6.26. The fraction of sp³-hybridized carbons (Fsp3) is 0.400. The average Bonchev–Trinajstić information content (AvgIpc) is 2.20. The maximum Gasteiger partial charge on any atom is 0.387 e. The van der Waals surface area contributed by atoms with Gasteiger partial charge in [-0.05, 0) is 31.2 Å². The summed E-state index contributed by atoms with van der Waals surface area (Å²) in [6, 6.07) is 6.45. The number of nitrogens with two attached hydrogens (primary N) is 1. The van der Waals surface area contributed by atoms with Gasteiger partial charge < -0.3 is 15.8 Å². The van der Waals surface area contributed by atoms with Crippen molar-refractivity contribution >= 4 is 5.69 Å². The number of nitrogens with one attached hydrogen (secondary N) is 1. The summed E-state index contributed by atoms with van der Waals surface area (Å²) in [6.45, 7) is -0.342. The molecular weight excluding hydrogens is 202 g/mol. The van der Waals surface area contributed by atoms with Gasteiger partial charge in [0.15, 0.2) is 0 Å². The topological polar surface area (TPSA) is 47.3 Å². The van der Waals surface area contributed by atoms with Crippen LogP contribution in [0.1, 0.15) is 6.92 Å². The van der Waals surface area contributed by atoms with Gasteiger partial charge in [-0.15, -0.1) is 0 Å². The van der Waals surface area contributed by atoms with Crippen LogP contribution in [0.4, 0.5) is 14.5 Å². The minimum absolute atomic E-state index is 0.145. The molecule has 1 aromatic rings. The Bertz CT molecular complexity index is 290. The summed E-state index contributed by atoms with van der Waals surface area (Å²) in [4.78, 5) is 0. The molecular formula is C10H14F2N2O. The highest BCUT2D eigenvalue weighted by atomic mass is 19.3. The number of halogens is 2. The smallest absolute Gasteiger partial charge is 0.387 e. The third-order valence-corrected chi connectivity index (χ3v) is 1.85. The van der Waals surface area contributed by atoms with Crippen molar-refractivity contribution in [1.29, 1.82) is 0 Å². The molecule has 0 aliphatic heterocycles. The average molecular weight is 216 g/mol. The summed E-state index contributed by atoms with van der Waals surface area (Å²) < 4.78 is 27.9. The van der Waals surface area contributed by atoms with Crippen molar-refractivity contribution in [1.82, 2.24) is 0 Å². The molecule has 0 bridgehead atoms. The van der Waals surface area contributed by atoms with E-state index in [0.717, 1.165) is 5.69 Å². The quantitative estimate of drug-likeness (QED) is 0.791. The number of rotatable bonds is 5. The summed E-state index contributed by atoms with van der Waals surface area (Å²) in [5, 5.41) is 3.10. The summed E-state index contributed by atoms with van der Waals surface area (Å²) in [6.07, 6.45) is 0.